The van der Waals surface area contributed by atoms with E-state index >= 15 is 0 Å². The molecule has 2 nitrogen and oxygen atoms in total. The van der Waals surface area contributed by atoms with E-state index in [4.69, 9.17) is 0 Å². The van der Waals surface area contributed by atoms with Crippen molar-refractivity contribution in [2.24, 2.45) is 5.92 Å². The van der Waals surface area contributed by atoms with Crippen molar-refractivity contribution in [3.63, 3.8) is 0 Å². The van der Waals surface area contributed by atoms with E-state index in [1.165, 1.54) is 45.4 Å². The lowest BCUT2D eigenvalue weighted by Gasteiger charge is -2.41. The Morgan fingerprint density at radius 1 is 1.41 bits per heavy atom. The average Bonchev–Trinajstić information content (AvgIpc) is 3.01. The Hall–Kier alpha value is -0.380. The van der Waals surface area contributed by atoms with Gasteiger partial charge in [-0.05, 0) is 63.3 Å². The zero-order chi connectivity index (χ0) is 11.7. The standard InChI is InChI=1S/C14H22N2S/c1-16-8-4-12(5-9-16)14(6-7-15-11-14)13-3-2-10-17-13/h2-3,10,12,15H,4-9,11H2,1H3. The van der Waals surface area contributed by atoms with Crippen LogP contribution in [-0.2, 0) is 5.41 Å². The second kappa shape index (κ2) is 4.71. The molecule has 0 spiro atoms. The molecule has 3 heteroatoms. The Labute approximate surface area is 108 Å². The van der Waals surface area contributed by atoms with Gasteiger partial charge < -0.3 is 10.2 Å². The summed E-state index contributed by atoms with van der Waals surface area (Å²) in [5, 5.41) is 5.84. The fourth-order valence-corrected chi connectivity index (χ4v) is 4.63. The zero-order valence-corrected chi connectivity index (χ0v) is 11.4. The summed E-state index contributed by atoms with van der Waals surface area (Å²) in [5.74, 6) is 0.882. The van der Waals surface area contributed by atoms with Crippen LogP contribution in [0.3, 0.4) is 0 Å². The number of piperidine rings is 1. The largest absolute Gasteiger partial charge is 0.316 e. The van der Waals surface area contributed by atoms with Crippen molar-refractivity contribution in [2.45, 2.75) is 24.7 Å². The number of likely N-dealkylation sites (tertiary alicyclic amines) is 1. The van der Waals surface area contributed by atoms with Crippen LogP contribution in [0.5, 0.6) is 0 Å². The van der Waals surface area contributed by atoms with Crippen molar-refractivity contribution in [1.82, 2.24) is 10.2 Å². The smallest absolute Gasteiger partial charge is 0.0213 e. The third kappa shape index (κ3) is 2.05. The fraction of sp³-hybridized carbons (Fsp3) is 0.714. The van der Waals surface area contributed by atoms with E-state index in [-0.39, 0.29) is 0 Å². The lowest BCUT2D eigenvalue weighted by atomic mass is 9.69. The van der Waals surface area contributed by atoms with E-state index in [0.29, 0.717) is 5.41 Å². The molecule has 1 atom stereocenters. The van der Waals surface area contributed by atoms with Gasteiger partial charge in [-0.3, -0.25) is 0 Å². The fourth-order valence-electron chi connectivity index (χ4n) is 3.59. The van der Waals surface area contributed by atoms with Crippen LogP contribution in [-0.4, -0.2) is 38.1 Å². The van der Waals surface area contributed by atoms with Crippen LogP contribution in [0, 0.1) is 5.92 Å². The second-order valence-electron chi connectivity index (χ2n) is 5.64. The molecule has 1 N–H and O–H groups in total. The quantitative estimate of drug-likeness (QED) is 0.866. The number of hydrogen-bond donors (Lipinski definition) is 1. The normalized spacial score (nSPS) is 32.1. The van der Waals surface area contributed by atoms with Crippen LogP contribution >= 0.6 is 11.3 Å². The topological polar surface area (TPSA) is 15.3 Å². The van der Waals surface area contributed by atoms with E-state index in [1.54, 1.807) is 4.88 Å². The second-order valence-corrected chi connectivity index (χ2v) is 6.59. The summed E-state index contributed by atoms with van der Waals surface area (Å²) in [4.78, 5) is 4.10. The summed E-state index contributed by atoms with van der Waals surface area (Å²) >= 11 is 1.96. The monoisotopic (exact) mass is 250 g/mol. The molecule has 2 aliphatic rings. The summed E-state index contributed by atoms with van der Waals surface area (Å²) in [6, 6.07) is 4.57. The molecule has 2 fully saturated rings. The molecule has 17 heavy (non-hydrogen) atoms. The number of thiophene rings is 1. The average molecular weight is 250 g/mol. The number of rotatable bonds is 2. The molecule has 0 bridgehead atoms. The van der Waals surface area contributed by atoms with Gasteiger partial charge in [0.25, 0.3) is 0 Å². The third-order valence-electron chi connectivity index (χ3n) is 4.70. The molecule has 0 amide bonds. The molecule has 94 valence electrons. The van der Waals surface area contributed by atoms with Gasteiger partial charge in [0.2, 0.25) is 0 Å². The third-order valence-corrected chi connectivity index (χ3v) is 5.79. The highest BCUT2D eigenvalue weighted by molar-refractivity contribution is 7.10. The Balaban J connectivity index is 1.85. The van der Waals surface area contributed by atoms with Crippen molar-refractivity contribution in [1.29, 1.82) is 0 Å². The maximum absolute atomic E-state index is 3.60. The summed E-state index contributed by atoms with van der Waals surface area (Å²) < 4.78 is 0. The predicted octanol–water partition coefficient (Wildman–Crippen LogP) is 2.32. The van der Waals surface area contributed by atoms with Crippen LogP contribution in [0.2, 0.25) is 0 Å². The minimum absolute atomic E-state index is 0.454. The molecule has 0 saturated carbocycles. The molecule has 3 rings (SSSR count). The van der Waals surface area contributed by atoms with Crippen molar-refractivity contribution in [2.75, 3.05) is 33.2 Å². The molecule has 1 unspecified atom stereocenters. The molecular formula is C14H22N2S. The van der Waals surface area contributed by atoms with Crippen LogP contribution in [0.15, 0.2) is 17.5 Å². The van der Waals surface area contributed by atoms with E-state index in [2.05, 4.69) is 34.8 Å². The van der Waals surface area contributed by atoms with E-state index in [9.17, 15) is 0 Å². The molecule has 3 heterocycles. The SMILES string of the molecule is CN1CCC(C2(c3cccs3)CCNC2)CC1. The molecule has 1 aromatic rings. The first-order chi connectivity index (χ1) is 8.31. The Morgan fingerprint density at radius 2 is 2.24 bits per heavy atom. The molecule has 0 aliphatic carbocycles. The summed E-state index contributed by atoms with van der Waals surface area (Å²) in [6.07, 6.45) is 4.08. The zero-order valence-electron chi connectivity index (χ0n) is 10.6. The highest BCUT2D eigenvalue weighted by Gasteiger charge is 2.44. The van der Waals surface area contributed by atoms with Crippen LogP contribution in [0.25, 0.3) is 0 Å². The lowest BCUT2D eigenvalue weighted by Crippen LogP contribution is -2.43. The van der Waals surface area contributed by atoms with Crippen LogP contribution in [0.1, 0.15) is 24.1 Å². The Morgan fingerprint density at radius 3 is 2.82 bits per heavy atom. The number of nitrogens with one attached hydrogen (secondary N) is 1. The summed E-state index contributed by atoms with van der Waals surface area (Å²) in [6.45, 7) is 4.95. The van der Waals surface area contributed by atoms with Gasteiger partial charge >= 0.3 is 0 Å². The van der Waals surface area contributed by atoms with Gasteiger partial charge in [0, 0.05) is 16.8 Å². The van der Waals surface area contributed by atoms with Gasteiger partial charge in [-0.15, -0.1) is 11.3 Å². The minimum Gasteiger partial charge on any atom is -0.316 e. The molecule has 2 saturated heterocycles. The molecule has 0 aromatic carbocycles. The van der Waals surface area contributed by atoms with Gasteiger partial charge in [-0.1, -0.05) is 6.07 Å². The lowest BCUT2D eigenvalue weighted by molar-refractivity contribution is 0.155. The maximum atomic E-state index is 3.60. The highest BCUT2D eigenvalue weighted by Crippen LogP contribution is 2.44. The summed E-state index contributed by atoms with van der Waals surface area (Å²) in [7, 11) is 2.25. The molecule has 2 aliphatic heterocycles. The molecule has 0 radical (unpaired) electrons. The van der Waals surface area contributed by atoms with Crippen molar-refractivity contribution in [3.05, 3.63) is 22.4 Å². The van der Waals surface area contributed by atoms with Gasteiger partial charge in [0.1, 0.15) is 0 Å². The van der Waals surface area contributed by atoms with Crippen molar-refractivity contribution in [3.8, 4) is 0 Å². The van der Waals surface area contributed by atoms with Crippen molar-refractivity contribution < 1.29 is 0 Å². The molecular weight excluding hydrogens is 228 g/mol. The first kappa shape index (κ1) is 11.7. The first-order valence-corrected chi connectivity index (χ1v) is 7.62. The van der Waals surface area contributed by atoms with E-state index < -0.39 is 0 Å². The van der Waals surface area contributed by atoms with Crippen LogP contribution < -0.4 is 5.32 Å². The van der Waals surface area contributed by atoms with E-state index in [0.717, 1.165) is 5.92 Å². The van der Waals surface area contributed by atoms with Gasteiger partial charge in [0.15, 0.2) is 0 Å². The predicted molar refractivity (Wildman–Crippen MR) is 73.7 cm³/mol. The Kier molecular flexibility index (Phi) is 3.24. The maximum Gasteiger partial charge on any atom is 0.0213 e. The van der Waals surface area contributed by atoms with Gasteiger partial charge in [0.05, 0.1) is 0 Å². The van der Waals surface area contributed by atoms with Crippen molar-refractivity contribution >= 4 is 11.3 Å². The number of hydrogen-bond acceptors (Lipinski definition) is 3. The Bertz CT molecular complexity index is 346. The molecule has 1 aromatic heterocycles. The highest BCUT2D eigenvalue weighted by atomic mass is 32.1. The van der Waals surface area contributed by atoms with E-state index in [1.807, 2.05) is 11.3 Å². The first-order valence-electron chi connectivity index (χ1n) is 6.74. The van der Waals surface area contributed by atoms with Crippen LogP contribution in [0.4, 0.5) is 0 Å². The number of nitrogens with zero attached hydrogens (tertiary/aromatic N) is 1. The van der Waals surface area contributed by atoms with Gasteiger partial charge in [-0.25, -0.2) is 0 Å². The van der Waals surface area contributed by atoms with Gasteiger partial charge in [-0.2, -0.15) is 0 Å². The summed E-state index contributed by atoms with van der Waals surface area (Å²) in [5.41, 5.74) is 0.454. The minimum atomic E-state index is 0.454.